The Morgan fingerprint density at radius 3 is 2.68 bits per heavy atom. The number of anilines is 1. The smallest absolute Gasteiger partial charge is 0.371 e. The van der Waals surface area contributed by atoms with Gasteiger partial charge in [0.1, 0.15) is 0 Å². The number of halogens is 3. The standard InChI is InChI=1S/C14H19F3N2/c1-11-7-10-19(9-4-8-18-11)13-6-3-2-5-12(13)14(15,16)17/h2-3,5-6,11,18H,4,7-10H2,1H3. The van der Waals surface area contributed by atoms with Gasteiger partial charge in [0.25, 0.3) is 0 Å². The van der Waals surface area contributed by atoms with Crippen LogP contribution in [0.25, 0.3) is 0 Å². The summed E-state index contributed by atoms with van der Waals surface area (Å²) >= 11 is 0. The van der Waals surface area contributed by atoms with Crippen molar-refractivity contribution in [1.29, 1.82) is 0 Å². The van der Waals surface area contributed by atoms with Gasteiger partial charge in [0.15, 0.2) is 0 Å². The Bertz CT molecular complexity index is 417. The summed E-state index contributed by atoms with van der Waals surface area (Å²) in [6.45, 7) is 4.24. The van der Waals surface area contributed by atoms with Crippen molar-refractivity contribution >= 4 is 5.69 Å². The van der Waals surface area contributed by atoms with Gasteiger partial charge in [0.2, 0.25) is 0 Å². The molecule has 1 fully saturated rings. The van der Waals surface area contributed by atoms with Gasteiger partial charge in [-0.05, 0) is 38.4 Å². The van der Waals surface area contributed by atoms with E-state index in [9.17, 15) is 13.2 Å². The highest BCUT2D eigenvalue weighted by atomic mass is 19.4. The molecule has 0 aromatic heterocycles. The largest absolute Gasteiger partial charge is 0.418 e. The molecule has 2 rings (SSSR count). The maximum atomic E-state index is 13.0. The Hall–Kier alpha value is -1.23. The van der Waals surface area contributed by atoms with Crippen molar-refractivity contribution in [3.05, 3.63) is 29.8 Å². The first-order valence-electron chi connectivity index (χ1n) is 6.63. The lowest BCUT2D eigenvalue weighted by Crippen LogP contribution is -2.39. The molecule has 19 heavy (non-hydrogen) atoms. The number of para-hydroxylation sites is 1. The molecule has 106 valence electrons. The summed E-state index contributed by atoms with van der Waals surface area (Å²) in [6, 6.07) is 6.20. The van der Waals surface area contributed by atoms with E-state index < -0.39 is 11.7 Å². The number of hydrogen-bond donors (Lipinski definition) is 1. The first-order valence-corrected chi connectivity index (χ1v) is 6.63. The van der Waals surface area contributed by atoms with Crippen molar-refractivity contribution in [1.82, 2.24) is 5.32 Å². The van der Waals surface area contributed by atoms with E-state index in [4.69, 9.17) is 0 Å². The number of hydrogen-bond acceptors (Lipinski definition) is 2. The molecule has 1 unspecified atom stereocenters. The third-order valence-electron chi connectivity index (χ3n) is 3.48. The predicted molar refractivity (Wildman–Crippen MR) is 70.4 cm³/mol. The highest BCUT2D eigenvalue weighted by Gasteiger charge is 2.34. The summed E-state index contributed by atoms with van der Waals surface area (Å²) < 4.78 is 39.1. The molecule has 1 aromatic carbocycles. The molecule has 0 saturated carbocycles. The van der Waals surface area contributed by atoms with E-state index in [2.05, 4.69) is 12.2 Å². The highest BCUT2D eigenvalue weighted by molar-refractivity contribution is 5.55. The average molecular weight is 272 g/mol. The van der Waals surface area contributed by atoms with Crippen LogP contribution in [0.4, 0.5) is 18.9 Å². The highest BCUT2D eigenvalue weighted by Crippen LogP contribution is 2.36. The van der Waals surface area contributed by atoms with E-state index in [0.29, 0.717) is 24.8 Å². The maximum absolute atomic E-state index is 13.0. The first kappa shape index (κ1) is 14.2. The van der Waals surface area contributed by atoms with E-state index >= 15 is 0 Å². The Balaban J connectivity index is 2.24. The molecular weight excluding hydrogens is 253 g/mol. The summed E-state index contributed by atoms with van der Waals surface area (Å²) in [4.78, 5) is 1.86. The zero-order valence-electron chi connectivity index (χ0n) is 11.0. The topological polar surface area (TPSA) is 15.3 Å². The van der Waals surface area contributed by atoms with Gasteiger partial charge in [-0.2, -0.15) is 13.2 Å². The van der Waals surface area contributed by atoms with Crippen LogP contribution < -0.4 is 10.2 Å². The van der Waals surface area contributed by atoms with Crippen LogP contribution in [-0.4, -0.2) is 25.7 Å². The second-order valence-electron chi connectivity index (χ2n) is 5.00. The average Bonchev–Trinajstić information content (AvgIpc) is 2.33. The molecule has 0 radical (unpaired) electrons. The van der Waals surface area contributed by atoms with E-state index in [1.807, 2.05) is 4.90 Å². The Morgan fingerprint density at radius 1 is 1.21 bits per heavy atom. The van der Waals surface area contributed by atoms with Gasteiger partial charge >= 0.3 is 6.18 Å². The fourth-order valence-electron chi connectivity index (χ4n) is 2.41. The molecule has 2 nitrogen and oxygen atoms in total. The third-order valence-corrected chi connectivity index (χ3v) is 3.48. The molecule has 1 N–H and O–H groups in total. The summed E-state index contributed by atoms with van der Waals surface area (Å²) in [6.07, 6.45) is -2.58. The normalized spacial score (nSPS) is 21.9. The van der Waals surface area contributed by atoms with Crippen molar-refractivity contribution in [3.63, 3.8) is 0 Å². The van der Waals surface area contributed by atoms with Crippen LogP contribution in [0.5, 0.6) is 0 Å². The molecule has 0 bridgehead atoms. The van der Waals surface area contributed by atoms with Crippen LogP contribution in [0.2, 0.25) is 0 Å². The zero-order chi connectivity index (χ0) is 13.9. The van der Waals surface area contributed by atoms with Crippen LogP contribution in [0.15, 0.2) is 24.3 Å². The van der Waals surface area contributed by atoms with E-state index in [1.54, 1.807) is 12.1 Å². The van der Waals surface area contributed by atoms with Crippen LogP contribution in [0.3, 0.4) is 0 Å². The summed E-state index contributed by atoms with van der Waals surface area (Å²) in [5, 5.41) is 3.35. The minimum Gasteiger partial charge on any atom is -0.371 e. The molecule has 1 aromatic rings. The van der Waals surface area contributed by atoms with E-state index in [1.165, 1.54) is 6.07 Å². The minimum atomic E-state index is -4.29. The number of alkyl halides is 3. The van der Waals surface area contributed by atoms with Gasteiger partial charge in [-0.1, -0.05) is 12.1 Å². The number of nitrogens with one attached hydrogen (secondary N) is 1. The summed E-state index contributed by atoms with van der Waals surface area (Å²) in [5.74, 6) is 0. The van der Waals surface area contributed by atoms with Gasteiger partial charge in [-0.15, -0.1) is 0 Å². The monoisotopic (exact) mass is 272 g/mol. The zero-order valence-corrected chi connectivity index (χ0v) is 11.0. The molecule has 0 aliphatic carbocycles. The molecule has 1 saturated heterocycles. The fourth-order valence-corrected chi connectivity index (χ4v) is 2.41. The van der Waals surface area contributed by atoms with Gasteiger partial charge in [0, 0.05) is 24.8 Å². The van der Waals surface area contributed by atoms with E-state index in [-0.39, 0.29) is 0 Å². The van der Waals surface area contributed by atoms with Gasteiger partial charge in [0.05, 0.1) is 5.56 Å². The lowest BCUT2D eigenvalue weighted by atomic mass is 10.1. The Labute approximate surface area is 111 Å². The van der Waals surface area contributed by atoms with Crippen molar-refractivity contribution in [2.24, 2.45) is 0 Å². The van der Waals surface area contributed by atoms with Crippen LogP contribution in [0, 0.1) is 0 Å². The first-order chi connectivity index (χ1) is 8.98. The van der Waals surface area contributed by atoms with Gasteiger partial charge in [-0.3, -0.25) is 0 Å². The molecule has 0 amide bonds. The number of rotatable bonds is 1. The molecule has 1 aliphatic heterocycles. The predicted octanol–water partition coefficient (Wildman–Crippen LogP) is 3.28. The molecule has 5 heteroatoms. The molecule has 1 aliphatic rings. The lowest BCUT2D eigenvalue weighted by molar-refractivity contribution is -0.137. The number of benzene rings is 1. The minimum absolute atomic E-state index is 0.309. The van der Waals surface area contributed by atoms with Gasteiger partial charge in [-0.25, -0.2) is 0 Å². The lowest BCUT2D eigenvalue weighted by Gasteiger charge is -2.31. The molecular formula is C14H19F3N2. The van der Waals surface area contributed by atoms with Crippen molar-refractivity contribution in [3.8, 4) is 0 Å². The van der Waals surface area contributed by atoms with Crippen molar-refractivity contribution in [2.45, 2.75) is 32.0 Å². The summed E-state index contributed by atoms with van der Waals surface area (Å²) in [7, 11) is 0. The Kier molecular flexibility index (Phi) is 4.34. The van der Waals surface area contributed by atoms with Crippen LogP contribution in [-0.2, 0) is 6.18 Å². The quantitative estimate of drug-likeness (QED) is 0.844. The Morgan fingerprint density at radius 2 is 1.95 bits per heavy atom. The molecule has 1 atom stereocenters. The molecule has 1 heterocycles. The molecule has 0 spiro atoms. The summed E-state index contributed by atoms with van der Waals surface area (Å²) in [5.41, 5.74) is -0.222. The SMILES string of the molecule is CC1CCN(c2ccccc2C(F)(F)F)CCCN1. The second-order valence-corrected chi connectivity index (χ2v) is 5.00. The second kappa shape index (κ2) is 5.82. The van der Waals surface area contributed by atoms with E-state index in [0.717, 1.165) is 25.5 Å². The third kappa shape index (κ3) is 3.62. The fraction of sp³-hybridized carbons (Fsp3) is 0.571. The van der Waals surface area contributed by atoms with Crippen LogP contribution >= 0.6 is 0 Å². The maximum Gasteiger partial charge on any atom is 0.418 e. The van der Waals surface area contributed by atoms with Crippen molar-refractivity contribution < 1.29 is 13.2 Å². The van der Waals surface area contributed by atoms with Crippen LogP contribution in [0.1, 0.15) is 25.3 Å². The van der Waals surface area contributed by atoms with Crippen molar-refractivity contribution in [2.75, 3.05) is 24.5 Å². The van der Waals surface area contributed by atoms with Gasteiger partial charge < -0.3 is 10.2 Å². The number of nitrogens with zero attached hydrogens (tertiary/aromatic N) is 1.